The number of benzene rings is 1. The molecule has 2 aliphatic carbocycles. The van der Waals surface area contributed by atoms with E-state index < -0.39 is 85.6 Å². The first-order valence-corrected chi connectivity index (χ1v) is 22.4. The van der Waals surface area contributed by atoms with E-state index in [-0.39, 0.29) is 49.6 Å². The fourth-order valence-electron chi connectivity index (χ4n) is 8.40. The minimum atomic E-state index is -4.10. The number of hydrogen-bond donors (Lipinski definition) is 3. The first-order valence-electron chi connectivity index (χ1n) is 20.5. The largest absolute Gasteiger partial charge is 0.475 e. The third-order valence-corrected chi connectivity index (χ3v) is 15.3. The van der Waals surface area contributed by atoms with E-state index in [1.54, 1.807) is 37.3 Å². The highest BCUT2D eigenvalue weighted by Gasteiger charge is 2.63. The average Bonchev–Trinajstić information content (AvgIpc) is 4.01. The highest BCUT2D eigenvalue weighted by molar-refractivity contribution is 7.91. The molecule has 7 atom stereocenters. The van der Waals surface area contributed by atoms with Crippen LogP contribution in [0.5, 0.6) is 11.8 Å². The number of rotatable bonds is 10. The molecule has 330 valence electrons. The number of nitrogens with zero attached hydrogens (tertiary/aromatic N) is 3. The standard InChI is InChI=1S/C42H56ClF2N5O9S/c1-23(2)58-32-20-29-28(14-11-15-30(29)43)35(46-32)59-27-19-31-34(51)47-42(37(53)48-60(56,57)40(7)16-17-40)21-26(42)13-10-9-12-24(3)18-25(4)33(36(52)49(31)22-27)50(38(54)55)39(5,6)41(8,44)45/h10-11,13-15,20,23-27,31,33H,9,12,16-19,21-22H2,1-8H3,(H,47,51)(H,48,53)(H,54,55)/b13-10-/t24-,25+,26+,27+,31-,33-,42+/m0/s1. The number of hydrogen-bond acceptors (Lipinski definition) is 9. The Hall–Kier alpha value is -4.25. The smallest absolute Gasteiger partial charge is 0.408 e. The molecular formula is C42H56ClF2N5O9S. The van der Waals surface area contributed by atoms with Gasteiger partial charge >= 0.3 is 6.09 Å². The van der Waals surface area contributed by atoms with Crippen molar-refractivity contribution in [1.29, 1.82) is 0 Å². The summed E-state index contributed by atoms with van der Waals surface area (Å²) in [4.78, 5) is 63.3. The van der Waals surface area contributed by atoms with Crippen molar-refractivity contribution in [1.82, 2.24) is 24.8 Å². The molecule has 0 bridgehead atoms. The van der Waals surface area contributed by atoms with Crippen molar-refractivity contribution in [3.05, 3.63) is 41.4 Å². The number of aromatic nitrogens is 1. The van der Waals surface area contributed by atoms with Crippen molar-refractivity contribution in [2.75, 3.05) is 6.54 Å². The van der Waals surface area contributed by atoms with Crippen LogP contribution >= 0.6 is 11.6 Å². The lowest BCUT2D eigenvalue weighted by molar-refractivity contribution is -0.156. The molecule has 0 spiro atoms. The SMILES string of the molecule is CC(C)Oc1cc2c(Cl)cccc2c(O[C@@H]2C[C@H]3C(=O)N[C@]4(C(=O)NS(=O)(=O)C5(C)CC5)C[C@H]4/C=C\CC[C@H](C)C[C@@H](C)[C@H](N(C(=O)O)C(C)(C)C(C)(F)F)C(=O)N3C2)n1. The number of carboxylic acid groups (broad SMARTS) is 1. The average molecular weight is 880 g/mol. The normalized spacial score (nSPS) is 29.0. The van der Waals surface area contributed by atoms with E-state index in [9.17, 15) is 27.9 Å². The van der Waals surface area contributed by atoms with Crippen LogP contribution in [0, 0.1) is 17.8 Å². The van der Waals surface area contributed by atoms with E-state index in [1.807, 2.05) is 26.8 Å². The summed E-state index contributed by atoms with van der Waals surface area (Å²) >= 11 is 6.58. The number of carbonyl (C=O) groups excluding carboxylic acids is 3. The number of pyridine rings is 1. The number of carbonyl (C=O) groups is 4. The molecule has 0 radical (unpaired) electrons. The highest BCUT2D eigenvalue weighted by atomic mass is 35.5. The van der Waals surface area contributed by atoms with Gasteiger partial charge < -0.3 is 24.8 Å². The van der Waals surface area contributed by atoms with Crippen molar-refractivity contribution < 1.29 is 51.0 Å². The van der Waals surface area contributed by atoms with E-state index in [0.717, 1.165) is 18.7 Å². The van der Waals surface area contributed by atoms with Crippen LogP contribution in [0.4, 0.5) is 13.6 Å². The number of allylic oxidation sites excluding steroid dienone is 1. The Morgan fingerprint density at radius 3 is 2.43 bits per heavy atom. The van der Waals surface area contributed by atoms with Gasteiger partial charge in [0.2, 0.25) is 33.6 Å². The van der Waals surface area contributed by atoms with Crippen molar-refractivity contribution in [2.45, 2.75) is 146 Å². The number of halogens is 3. The molecule has 1 saturated heterocycles. The van der Waals surface area contributed by atoms with Crippen LogP contribution in [-0.2, 0) is 24.4 Å². The summed E-state index contributed by atoms with van der Waals surface area (Å²) in [5, 5.41) is 14.9. The zero-order valence-electron chi connectivity index (χ0n) is 35.3. The lowest BCUT2D eigenvalue weighted by Gasteiger charge is -2.47. The number of amides is 4. The van der Waals surface area contributed by atoms with Gasteiger partial charge in [0, 0.05) is 41.1 Å². The van der Waals surface area contributed by atoms with Crippen molar-refractivity contribution >= 4 is 56.2 Å². The van der Waals surface area contributed by atoms with Gasteiger partial charge in [-0.05, 0) is 97.1 Å². The topological polar surface area (TPSA) is 185 Å². The first-order chi connectivity index (χ1) is 27.8. The monoisotopic (exact) mass is 879 g/mol. The molecule has 4 amide bonds. The van der Waals surface area contributed by atoms with E-state index in [1.165, 1.54) is 6.92 Å². The maximum atomic E-state index is 15.4. The number of fused-ring (bicyclic) bond motifs is 3. The quantitative estimate of drug-likeness (QED) is 0.217. The maximum absolute atomic E-state index is 15.4. The Morgan fingerprint density at radius 2 is 1.82 bits per heavy atom. The van der Waals surface area contributed by atoms with E-state index in [4.69, 9.17) is 21.1 Å². The molecule has 18 heteroatoms. The second-order valence-corrected chi connectivity index (χ2v) is 20.9. The van der Waals surface area contributed by atoms with Gasteiger partial charge in [0.05, 0.1) is 17.4 Å². The fourth-order valence-corrected chi connectivity index (χ4v) is 9.94. The molecule has 2 saturated carbocycles. The lowest BCUT2D eigenvalue weighted by atomic mass is 9.84. The summed E-state index contributed by atoms with van der Waals surface area (Å²) in [5.41, 5.74) is -4.07. The molecule has 1 aromatic carbocycles. The summed E-state index contributed by atoms with van der Waals surface area (Å²) in [6.07, 6.45) is 2.61. The van der Waals surface area contributed by atoms with E-state index in [0.29, 0.717) is 53.3 Å². The second-order valence-electron chi connectivity index (χ2n) is 18.3. The molecule has 3 N–H and O–H groups in total. The van der Waals surface area contributed by atoms with Crippen LogP contribution in [0.25, 0.3) is 10.8 Å². The number of alkyl halides is 2. The summed E-state index contributed by atoms with van der Waals surface area (Å²) in [6.45, 7) is 11.1. The van der Waals surface area contributed by atoms with Gasteiger partial charge in [0.25, 0.3) is 11.8 Å². The Balaban J connectivity index is 1.45. The number of sulfonamides is 1. The number of nitrogens with one attached hydrogen (secondary N) is 2. The zero-order chi connectivity index (χ0) is 44.3. The molecule has 2 aliphatic heterocycles. The van der Waals surface area contributed by atoms with Crippen LogP contribution in [0.2, 0.25) is 5.02 Å². The van der Waals surface area contributed by atoms with Crippen LogP contribution in [0.3, 0.4) is 0 Å². The van der Waals surface area contributed by atoms with Gasteiger partial charge in [-0.2, -0.15) is 4.98 Å². The predicted molar refractivity (Wildman–Crippen MR) is 220 cm³/mol. The predicted octanol–water partition coefficient (Wildman–Crippen LogP) is 6.69. The minimum absolute atomic E-state index is 0.0749. The van der Waals surface area contributed by atoms with Crippen LogP contribution in [0.1, 0.15) is 100 Å². The Morgan fingerprint density at radius 1 is 1.13 bits per heavy atom. The Bertz CT molecular complexity index is 2180. The first kappa shape index (κ1) is 45.3. The summed E-state index contributed by atoms with van der Waals surface area (Å²) < 4.78 is 70.8. The van der Waals surface area contributed by atoms with Gasteiger partial charge in [0.15, 0.2) is 0 Å². The Labute approximate surface area is 354 Å². The number of ether oxygens (including phenoxy) is 2. The molecule has 0 unspecified atom stereocenters. The van der Waals surface area contributed by atoms with E-state index in [2.05, 4.69) is 15.0 Å². The second kappa shape index (κ2) is 16.2. The lowest BCUT2D eigenvalue weighted by Crippen LogP contribution is -2.66. The van der Waals surface area contributed by atoms with E-state index >= 15 is 13.6 Å². The molecule has 3 fully saturated rings. The third kappa shape index (κ3) is 8.75. The third-order valence-electron chi connectivity index (χ3n) is 12.8. The molecule has 3 heterocycles. The molecule has 6 rings (SSSR count). The summed E-state index contributed by atoms with van der Waals surface area (Å²) in [6, 6.07) is 3.67. The summed E-state index contributed by atoms with van der Waals surface area (Å²) in [5.74, 6) is -7.47. The van der Waals surface area contributed by atoms with Crippen molar-refractivity contribution in [3.8, 4) is 11.8 Å². The molecule has 1 aromatic heterocycles. The summed E-state index contributed by atoms with van der Waals surface area (Å²) in [7, 11) is -4.10. The van der Waals surface area contributed by atoms with Gasteiger partial charge in [-0.3, -0.25) is 24.0 Å². The minimum Gasteiger partial charge on any atom is -0.475 e. The molecule has 14 nitrogen and oxygen atoms in total. The van der Waals surface area contributed by atoms with Crippen molar-refractivity contribution in [3.63, 3.8) is 0 Å². The van der Waals surface area contributed by atoms with Crippen molar-refractivity contribution in [2.24, 2.45) is 17.8 Å². The Kier molecular flexibility index (Phi) is 12.2. The molecule has 4 aliphatic rings. The van der Waals surface area contributed by atoms with Gasteiger partial charge in [-0.15, -0.1) is 0 Å². The van der Waals surface area contributed by atoms with Gasteiger partial charge in [-0.1, -0.05) is 43.7 Å². The van der Waals surface area contributed by atoms with Crippen LogP contribution < -0.4 is 19.5 Å². The molecule has 2 aromatic rings. The fraction of sp³-hybridized carbons (Fsp3) is 0.643. The van der Waals surface area contributed by atoms with Crippen LogP contribution in [-0.4, -0.2) is 105 Å². The molecular weight excluding hydrogens is 824 g/mol. The molecule has 60 heavy (non-hydrogen) atoms. The maximum Gasteiger partial charge on any atom is 0.408 e. The zero-order valence-corrected chi connectivity index (χ0v) is 36.8. The van der Waals surface area contributed by atoms with Crippen LogP contribution in [0.15, 0.2) is 36.4 Å². The van der Waals surface area contributed by atoms with Gasteiger partial charge in [-0.25, -0.2) is 22.0 Å². The van der Waals surface area contributed by atoms with Gasteiger partial charge in [0.1, 0.15) is 29.3 Å². The highest BCUT2D eigenvalue weighted by Crippen LogP contribution is 2.48.